The van der Waals surface area contributed by atoms with Crippen LogP contribution in [-0.2, 0) is 11.3 Å². The molecule has 152 valence electrons. The van der Waals surface area contributed by atoms with E-state index in [1.807, 2.05) is 24.0 Å². The molecule has 8 heteroatoms. The number of hydrogen-bond donors (Lipinski definition) is 1. The molecule has 2 aromatic rings. The second kappa shape index (κ2) is 10.2. The Morgan fingerprint density at radius 3 is 2.46 bits per heavy atom. The number of hydrogen-bond acceptors (Lipinski definition) is 4. The third kappa shape index (κ3) is 6.65. The minimum absolute atomic E-state index is 0.0292. The van der Waals surface area contributed by atoms with Crippen LogP contribution in [0.3, 0.4) is 0 Å². The highest BCUT2D eigenvalue weighted by Crippen LogP contribution is 2.29. The van der Waals surface area contributed by atoms with Crippen molar-refractivity contribution in [3.8, 4) is 11.5 Å². The normalized spacial score (nSPS) is 12.1. The number of likely N-dealkylation sites (N-methyl/N-ethyl adjacent to an activating group) is 1. The van der Waals surface area contributed by atoms with E-state index in [1.165, 1.54) is 13.2 Å². The highest BCUT2D eigenvalue weighted by Gasteiger charge is 2.14. The van der Waals surface area contributed by atoms with Crippen LogP contribution in [0.25, 0.3) is 0 Å². The van der Waals surface area contributed by atoms with Gasteiger partial charge in [0.1, 0.15) is 0 Å². The third-order valence-corrected chi connectivity index (χ3v) is 4.31. The molecule has 2 aromatic carbocycles. The Morgan fingerprint density at radius 2 is 1.86 bits per heavy atom. The lowest BCUT2D eigenvalue weighted by atomic mass is 10.1. The highest BCUT2D eigenvalue weighted by atomic mass is 35.5. The Balaban J connectivity index is 1.91. The van der Waals surface area contributed by atoms with Gasteiger partial charge in [-0.15, -0.1) is 0 Å². The van der Waals surface area contributed by atoms with Crippen LogP contribution in [0.4, 0.5) is 8.78 Å². The zero-order chi connectivity index (χ0) is 20.7. The van der Waals surface area contributed by atoms with Crippen molar-refractivity contribution in [2.45, 2.75) is 26.1 Å². The molecule has 0 spiro atoms. The summed E-state index contributed by atoms with van der Waals surface area (Å²) >= 11 is 5.88. The van der Waals surface area contributed by atoms with Gasteiger partial charge in [0, 0.05) is 11.6 Å². The zero-order valence-electron chi connectivity index (χ0n) is 15.9. The Bertz CT molecular complexity index is 788. The van der Waals surface area contributed by atoms with Crippen molar-refractivity contribution in [2.24, 2.45) is 0 Å². The fraction of sp³-hybridized carbons (Fsp3) is 0.350. The van der Waals surface area contributed by atoms with E-state index in [1.54, 1.807) is 31.3 Å². The summed E-state index contributed by atoms with van der Waals surface area (Å²) in [5.74, 6) is 0.0556. The first kappa shape index (κ1) is 21.9. The summed E-state index contributed by atoms with van der Waals surface area (Å²) in [7, 11) is 3.18. The number of nitrogens with one attached hydrogen (secondary N) is 1. The number of rotatable bonds is 9. The first-order chi connectivity index (χ1) is 13.3. The smallest absolute Gasteiger partial charge is 0.387 e. The lowest BCUT2D eigenvalue weighted by Gasteiger charge is -2.20. The minimum Gasteiger partial charge on any atom is -0.493 e. The van der Waals surface area contributed by atoms with E-state index >= 15 is 0 Å². The van der Waals surface area contributed by atoms with E-state index < -0.39 is 6.61 Å². The number of nitrogens with zero attached hydrogens (tertiary/aromatic N) is 1. The predicted molar refractivity (Wildman–Crippen MR) is 104 cm³/mol. The predicted octanol–water partition coefficient (Wildman–Crippen LogP) is 4.26. The van der Waals surface area contributed by atoms with Gasteiger partial charge in [-0.3, -0.25) is 9.69 Å². The van der Waals surface area contributed by atoms with E-state index in [0.717, 1.165) is 11.1 Å². The molecule has 0 saturated heterocycles. The van der Waals surface area contributed by atoms with Crippen LogP contribution < -0.4 is 14.8 Å². The second-order valence-electron chi connectivity index (χ2n) is 6.38. The van der Waals surface area contributed by atoms with Crippen LogP contribution in [0, 0.1) is 0 Å². The maximum absolute atomic E-state index is 12.4. The van der Waals surface area contributed by atoms with Crippen LogP contribution >= 0.6 is 11.6 Å². The quantitative estimate of drug-likeness (QED) is 0.668. The van der Waals surface area contributed by atoms with E-state index in [9.17, 15) is 13.6 Å². The molecular weight excluding hydrogens is 390 g/mol. The van der Waals surface area contributed by atoms with E-state index in [4.69, 9.17) is 16.3 Å². The average Bonchev–Trinajstić information content (AvgIpc) is 2.62. The molecule has 0 heterocycles. The van der Waals surface area contributed by atoms with Crippen molar-refractivity contribution in [3.63, 3.8) is 0 Å². The van der Waals surface area contributed by atoms with E-state index in [0.29, 0.717) is 11.6 Å². The molecule has 0 aliphatic rings. The summed E-state index contributed by atoms with van der Waals surface area (Å²) in [5, 5.41) is 3.57. The first-order valence-corrected chi connectivity index (χ1v) is 9.01. The van der Waals surface area contributed by atoms with Crippen molar-refractivity contribution in [1.82, 2.24) is 10.2 Å². The van der Waals surface area contributed by atoms with Crippen LogP contribution in [-0.4, -0.2) is 38.1 Å². The van der Waals surface area contributed by atoms with Gasteiger partial charge in [-0.1, -0.05) is 29.8 Å². The largest absolute Gasteiger partial charge is 0.493 e. The molecule has 5 nitrogen and oxygen atoms in total. The SMILES string of the molecule is COc1cc(CN(C)CC(=O)N[C@H](C)c2ccc(Cl)cc2)ccc1OC(F)F. The number of ether oxygens (including phenoxy) is 2. The molecule has 1 N–H and O–H groups in total. The molecule has 0 saturated carbocycles. The fourth-order valence-electron chi connectivity index (χ4n) is 2.74. The molecule has 1 amide bonds. The first-order valence-electron chi connectivity index (χ1n) is 8.63. The van der Waals surface area contributed by atoms with Crippen molar-refractivity contribution in [2.75, 3.05) is 20.7 Å². The minimum atomic E-state index is -2.92. The number of alkyl halides is 2. The molecular formula is C20H23ClF2N2O3. The van der Waals surface area contributed by atoms with Gasteiger partial charge in [-0.2, -0.15) is 8.78 Å². The maximum atomic E-state index is 12.4. The Labute approximate surface area is 168 Å². The number of carbonyl (C=O) groups excluding carboxylic acids is 1. The molecule has 0 unspecified atom stereocenters. The zero-order valence-corrected chi connectivity index (χ0v) is 16.7. The number of methoxy groups -OCH3 is 1. The number of benzene rings is 2. The third-order valence-electron chi connectivity index (χ3n) is 4.06. The number of amides is 1. The van der Waals surface area contributed by atoms with Gasteiger partial charge in [0.15, 0.2) is 11.5 Å². The molecule has 0 fully saturated rings. The van der Waals surface area contributed by atoms with Crippen molar-refractivity contribution < 1.29 is 23.0 Å². The van der Waals surface area contributed by atoms with Gasteiger partial charge in [0.05, 0.1) is 19.7 Å². The lowest BCUT2D eigenvalue weighted by molar-refractivity contribution is -0.122. The van der Waals surface area contributed by atoms with Crippen LogP contribution in [0.15, 0.2) is 42.5 Å². The highest BCUT2D eigenvalue weighted by molar-refractivity contribution is 6.30. The monoisotopic (exact) mass is 412 g/mol. The molecule has 1 atom stereocenters. The van der Waals surface area contributed by atoms with E-state index in [2.05, 4.69) is 10.1 Å². The van der Waals surface area contributed by atoms with Gasteiger partial charge < -0.3 is 14.8 Å². The Morgan fingerprint density at radius 1 is 1.18 bits per heavy atom. The van der Waals surface area contributed by atoms with Crippen molar-refractivity contribution >= 4 is 17.5 Å². The molecule has 28 heavy (non-hydrogen) atoms. The summed E-state index contributed by atoms with van der Waals surface area (Å²) < 4.78 is 34.3. The summed E-state index contributed by atoms with van der Waals surface area (Å²) in [4.78, 5) is 14.1. The van der Waals surface area contributed by atoms with Gasteiger partial charge >= 0.3 is 6.61 Å². The molecule has 0 aliphatic heterocycles. The average molecular weight is 413 g/mol. The fourth-order valence-corrected chi connectivity index (χ4v) is 2.86. The van der Waals surface area contributed by atoms with Gasteiger partial charge in [-0.05, 0) is 49.4 Å². The van der Waals surface area contributed by atoms with Crippen molar-refractivity contribution in [1.29, 1.82) is 0 Å². The summed E-state index contributed by atoms with van der Waals surface area (Å²) in [5.41, 5.74) is 1.76. The Kier molecular flexibility index (Phi) is 8.02. The summed E-state index contributed by atoms with van der Waals surface area (Å²) in [6.45, 7) is -0.411. The molecule has 2 rings (SSSR count). The number of halogens is 3. The standard InChI is InChI=1S/C20H23ClF2N2O3/c1-13(15-5-7-16(21)8-6-15)24-19(26)12-25(2)11-14-4-9-17(28-20(22)23)18(10-14)27-3/h4-10,13,20H,11-12H2,1-3H3,(H,24,26)/t13-/m1/s1. The van der Waals surface area contributed by atoms with Gasteiger partial charge in [-0.25, -0.2) is 0 Å². The molecule has 0 bridgehead atoms. The molecule has 0 radical (unpaired) electrons. The maximum Gasteiger partial charge on any atom is 0.387 e. The lowest BCUT2D eigenvalue weighted by Crippen LogP contribution is -2.36. The van der Waals surface area contributed by atoms with Crippen LogP contribution in [0.5, 0.6) is 11.5 Å². The van der Waals surface area contributed by atoms with Crippen LogP contribution in [0.2, 0.25) is 5.02 Å². The molecule has 0 aliphatic carbocycles. The summed E-state index contributed by atoms with van der Waals surface area (Å²) in [6, 6.07) is 11.8. The Hall–Kier alpha value is -2.38. The molecule has 0 aromatic heterocycles. The topological polar surface area (TPSA) is 50.8 Å². The number of carbonyl (C=O) groups is 1. The van der Waals surface area contributed by atoms with Crippen molar-refractivity contribution in [3.05, 3.63) is 58.6 Å². The van der Waals surface area contributed by atoms with Gasteiger partial charge in [0.2, 0.25) is 5.91 Å². The van der Waals surface area contributed by atoms with E-state index in [-0.39, 0.29) is 30.0 Å². The summed E-state index contributed by atoms with van der Waals surface area (Å²) in [6.07, 6.45) is 0. The van der Waals surface area contributed by atoms with Crippen LogP contribution in [0.1, 0.15) is 24.1 Å². The second-order valence-corrected chi connectivity index (χ2v) is 6.81. The van der Waals surface area contributed by atoms with Gasteiger partial charge in [0.25, 0.3) is 0 Å².